The second-order valence-corrected chi connectivity index (χ2v) is 6.17. The molecule has 7 heteroatoms. The van der Waals surface area contributed by atoms with E-state index in [0.717, 1.165) is 37.2 Å². The fourth-order valence-electron chi connectivity index (χ4n) is 2.38. The minimum atomic E-state index is -0.722. The molecule has 1 aliphatic carbocycles. The van der Waals surface area contributed by atoms with Crippen molar-refractivity contribution in [3.8, 4) is 0 Å². The van der Waals surface area contributed by atoms with Crippen molar-refractivity contribution in [1.82, 2.24) is 4.37 Å². The number of aromatic nitrogens is 1. The minimum absolute atomic E-state index is 0.143. The average molecular weight is 284 g/mol. The van der Waals surface area contributed by atoms with Gasteiger partial charge in [0.15, 0.2) is 5.82 Å². The predicted octanol–water partition coefficient (Wildman–Crippen LogP) is 1.18. The Kier molecular flexibility index (Phi) is 3.96. The van der Waals surface area contributed by atoms with Crippen LogP contribution >= 0.6 is 11.5 Å². The van der Waals surface area contributed by atoms with Crippen LogP contribution < -0.4 is 16.8 Å². The minimum Gasteiger partial charge on any atom is -0.388 e. The summed E-state index contributed by atoms with van der Waals surface area (Å²) in [6, 6.07) is 0. The molecular weight excluding hydrogens is 264 g/mol. The van der Waals surface area contributed by atoms with Gasteiger partial charge in [0.2, 0.25) is 0 Å². The number of nitrogens with zero attached hydrogens (tertiary/aromatic N) is 1. The highest BCUT2D eigenvalue weighted by molar-refractivity contribution is 7.11. The fourth-order valence-corrected chi connectivity index (χ4v) is 3.10. The van der Waals surface area contributed by atoms with Crippen LogP contribution in [0.3, 0.4) is 0 Å². The van der Waals surface area contributed by atoms with Crippen LogP contribution in [-0.2, 0) is 0 Å². The van der Waals surface area contributed by atoms with Crippen molar-refractivity contribution in [3.05, 3.63) is 5.56 Å². The van der Waals surface area contributed by atoms with E-state index in [9.17, 15) is 9.90 Å². The first-order chi connectivity index (χ1) is 8.91. The molecule has 19 heavy (non-hydrogen) atoms. The second kappa shape index (κ2) is 5.34. The average Bonchev–Trinajstić information content (AvgIpc) is 2.72. The Balaban J connectivity index is 2.01. The Morgan fingerprint density at radius 3 is 2.79 bits per heavy atom. The van der Waals surface area contributed by atoms with Gasteiger partial charge in [0.1, 0.15) is 10.6 Å². The molecule has 0 radical (unpaired) electrons. The number of nitrogens with two attached hydrogens (primary N) is 2. The summed E-state index contributed by atoms with van der Waals surface area (Å²) in [6.45, 7) is 2.59. The highest BCUT2D eigenvalue weighted by Gasteiger charge is 2.32. The van der Waals surface area contributed by atoms with Gasteiger partial charge < -0.3 is 21.9 Å². The molecule has 0 saturated heterocycles. The Hall–Kier alpha value is -1.34. The molecule has 0 atom stereocenters. The van der Waals surface area contributed by atoms with Crippen molar-refractivity contribution in [2.75, 3.05) is 17.6 Å². The molecule has 6 N–H and O–H groups in total. The molecular formula is C12H20N4O2S. The van der Waals surface area contributed by atoms with E-state index in [-0.39, 0.29) is 11.4 Å². The molecule has 0 bridgehead atoms. The summed E-state index contributed by atoms with van der Waals surface area (Å²) in [7, 11) is 0. The number of primary amides is 1. The molecule has 106 valence electrons. The zero-order chi connectivity index (χ0) is 14.0. The molecule has 1 aliphatic rings. The quantitative estimate of drug-likeness (QED) is 0.663. The Bertz CT molecular complexity index is 466. The van der Waals surface area contributed by atoms with Crippen LogP contribution in [0.2, 0.25) is 0 Å². The van der Waals surface area contributed by atoms with Gasteiger partial charge in [0, 0.05) is 6.54 Å². The van der Waals surface area contributed by atoms with E-state index in [0.29, 0.717) is 17.5 Å². The van der Waals surface area contributed by atoms with Gasteiger partial charge >= 0.3 is 0 Å². The lowest BCUT2D eigenvalue weighted by Crippen LogP contribution is -2.40. The number of aliphatic hydroxyl groups is 1. The molecule has 1 fully saturated rings. The van der Waals surface area contributed by atoms with E-state index in [4.69, 9.17) is 11.5 Å². The number of amides is 1. The maximum Gasteiger partial charge on any atom is 0.255 e. The Morgan fingerprint density at radius 2 is 2.21 bits per heavy atom. The van der Waals surface area contributed by atoms with Crippen LogP contribution in [-0.4, -0.2) is 27.5 Å². The maximum atomic E-state index is 11.3. The van der Waals surface area contributed by atoms with E-state index in [1.165, 1.54) is 0 Å². The monoisotopic (exact) mass is 284 g/mol. The lowest BCUT2D eigenvalue weighted by Gasteiger charge is -2.35. The summed E-state index contributed by atoms with van der Waals surface area (Å²) < 4.78 is 3.91. The first-order valence-corrected chi connectivity index (χ1v) is 7.20. The number of anilines is 2. The molecule has 2 rings (SSSR count). The maximum absolute atomic E-state index is 11.3. The van der Waals surface area contributed by atoms with E-state index < -0.39 is 11.5 Å². The smallest absolute Gasteiger partial charge is 0.255 e. The number of rotatable bonds is 4. The molecule has 1 saturated carbocycles. The normalized spacial score (nSPS) is 27.2. The molecule has 0 unspecified atom stereocenters. The van der Waals surface area contributed by atoms with Gasteiger partial charge in [0.25, 0.3) is 5.91 Å². The fraction of sp³-hybridized carbons (Fsp3) is 0.667. The summed E-state index contributed by atoms with van der Waals surface area (Å²) in [5, 5.41) is 14.1. The summed E-state index contributed by atoms with van der Waals surface area (Å²) in [6.07, 6.45) is 3.57. The highest BCUT2D eigenvalue weighted by Crippen LogP contribution is 2.33. The van der Waals surface area contributed by atoms with Crippen molar-refractivity contribution in [2.45, 2.75) is 38.2 Å². The third kappa shape index (κ3) is 3.16. The zero-order valence-corrected chi connectivity index (χ0v) is 11.8. The van der Waals surface area contributed by atoms with Gasteiger partial charge in [-0.05, 0) is 43.1 Å². The molecule has 1 aromatic heterocycles. The Labute approximate surface area is 116 Å². The molecule has 6 nitrogen and oxygen atoms in total. The molecule has 1 aromatic rings. The van der Waals surface area contributed by atoms with Gasteiger partial charge in [-0.25, -0.2) is 0 Å². The number of carbonyl (C=O) groups is 1. The zero-order valence-electron chi connectivity index (χ0n) is 11.0. The van der Waals surface area contributed by atoms with E-state index in [1.54, 1.807) is 0 Å². The number of hydrogen-bond donors (Lipinski definition) is 4. The number of nitrogens with one attached hydrogen (secondary N) is 1. The summed E-state index contributed by atoms with van der Waals surface area (Å²) in [5.74, 6) is 0.211. The molecule has 0 aliphatic heterocycles. The van der Waals surface area contributed by atoms with Crippen LogP contribution in [0.15, 0.2) is 0 Å². The van der Waals surface area contributed by atoms with Crippen LogP contribution in [0.1, 0.15) is 43.0 Å². The Morgan fingerprint density at radius 1 is 1.58 bits per heavy atom. The summed E-state index contributed by atoms with van der Waals surface area (Å²) >= 11 is 1.09. The van der Waals surface area contributed by atoms with Crippen LogP contribution in [0.4, 0.5) is 10.8 Å². The standard InChI is InChI=1S/C12H20N4O2S/c1-7-2-4-12(18,5-3-7)6-15-11-8(10(14)17)9(13)16-19-11/h7,15,18H,2-6H2,1H3,(H2,13,16)(H2,14,17). The topological polar surface area (TPSA) is 114 Å². The second-order valence-electron chi connectivity index (χ2n) is 5.40. The first-order valence-electron chi connectivity index (χ1n) is 6.42. The van der Waals surface area contributed by atoms with Crippen molar-refractivity contribution in [2.24, 2.45) is 11.7 Å². The van der Waals surface area contributed by atoms with Gasteiger partial charge in [0.05, 0.1) is 5.60 Å². The van der Waals surface area contributed by atoms with Gasteiger partial charge in [-0.15, -0.1) is 0 Å². The third-order valence-electron chi connectivity index (χ3n) is 3.75. The van der Waals surface area contributed by atoms with E-state index in [2.05, 4.69) is 16.6 Å². The van der Waals surface area contributed by atoms with Gasteiger partial charge in [-0.2, -0.15) is 4.37 Å². The van der Waals surface area contributed by atoms with Gasteiger partial charge in [-0.1, -0.05) is 6.92 Å². The molecule has 0 aromatic carbocycles. The van der Waals surface area contributed by atoms with Crippen LogP contribution in [0.25, 0.3) is 0 Å². The van der Waals surface area contributed by atoms with Crippen LogP contribution in [0.5, 0.6) is 0 Å². The largest absolute Gasteiger partial charge is 0.388 e. The summed E-state index contributed by atoms with van der Waals surface area (Å²) in [4.78, 5) is 11.3. The van der Waals surface area contributed by atoms with Gasteiger partial charge in [-0.3, -0.25) is 4.79 Å². The highest BCUT2D eigenvalue weighted by atomic mass is 32.1. The number of hydrogen-bond acceptors (Lipinski definition) is 6. The lowest BCUT2D eigenvalue weighted by molar-refractivity contribution is 0.00505. The SMILES string of the molecule is CC1CCC(O)(CNc2snc(N)c2C(N)=O)CC1. The molecule has 1 amide bonds. The van der Waals surface area contributed by atoms with E-state index in [1.807, 2.05) is 0 Å². The van der Waals surface area contributed by atoms with Crippen LogP contribution in [0, 0.1) is 5.92 Å². The summed E-state index contributed by atoms with van der Waals surface area (Å²) in [5.41, 5.74) is 10.4. The predicted molar refractivity (Wildman–Crippen MR) is 76.1 cm³/mol. The van der Waals surface area contributed by atoms with Crippen molar-refractivity contribution in [3.63, 3.8) is 0 Å². The molecule has 1 heterocycles. The van der Waals surface area contributed by atoms with Crippen molar-refractivity contribution < 1.29 is 9.90 Å². The van der Waals surface area contributed by atoms with Crippen molar-refractivity contribution >= 4 is 28.3 Å². The molecule has 0 spiro atoms. The lowest BCUT2D eigenvalue weighted by atomic mass is 9.79. The first kappa shape index (κ1) is 14.1. The third-order valence-corrected chi connectivity index (χ3v) is 4.57. The van der Waals surface area contributed by atoms with Crippen molar-refractivity contribution in [1.29, 1.82) is 0 Å². The number of nitrogen functional groups attached to an aromatic ring is 1. The number of carbonyl (C=O) groups excluding carboxylic acids is 1. The van der Waals surface area contributed by atoms with E-state index >= 15 is 0 Å².